The first-order chi connectivity index (χ1) is 8.71. The number of hydrogen-bond donors (Lipinski definition) is 0. The first kappa shape index (κ1) is 13.2. The Bertz CT molecular complexity index is 450. The summed E-state index contributed by atoms with van der Waals surface area (Å²) in [6.45, 7) is 13.4. The average Bonchev–Trinajstić information content (AvgIpc) is 2.49. The SMILES string of the molecule is C=C1C(=O)O[C@]2(C)CC[C@H]3C(C)(C)CCC[C@]3(C)[C@@H]12. The molecule has 106 valence electrons. The molecule has 2 aliphatic carbocycles. The molecule has 1 saturated heterocycles. The molecule has 0 amide bonds. The van der Waals surface area contributed by atoms with Crippen LogP contribution in [0.4, 0.5) is 0 Å². The molecule has 2 heteroatoms. The van der Waals surface area contributed by atoms with Gasteiger partial charge in [0.15, 0.2) is 0 Å². The highest BCUT2D eigenvalue weighted by Crippen LogP contribution is 2.65. The third-order valence-electron chi connectivity index (χ3n) is 6.41. The lowest BCUT2D eigenvalue weighted by Crippen LogP contribution is -2.56. The van der Waals surface area contributed by atoms with E-state index >= 15 is 0 Å². The van der Waals surface area contributed by atoms with Crippen LogP contribution >= 0.6 is 0 Å². The highest BCUT2D eigenvalue weighted by molar-refractivity contribution is 5.91. The van der Waals surface area contributed by atoms with Crippen molar-refractivity contribution >= 4 is 5.97 Å². The molecule has 0 bridgehead atoms. The lowest BCUT2D eigenvalue weighted by atomic mass is 9.45. The fourth-order valence-corrected chi connectivity index (χ4v) is 5.78. The van der Waals surface area contributed by atoms with Crippen molar-refractivity contribution in [1.29, 1.82) is 0 Å². The van der Waals surface area contributed by atoms with Crippen LogP contribution < -0.4 is 0 Å². The Hall–Kier alpha value is -0.790. The lowest BCUT2D eigenvalue weighted by molar-refractivity contribution is -0.164. The highest BCUT2D eigenvalue weighted by atomic mass is 16.6. The van der Waals surface area contributed by atoms with E-state index in [2.05, 4.69) is 34.3 Å². The maximum atomic E-state index is 12.0. The largest absolute Gasteiger partial charge is 0.455 e. The maximum Gasteiger partial charge on any atom is 0.334 e. The van der Waals surface area contributed by atoms with E-state index < -0.39 is 0 Å². The maximum absolute atomic E-state index is 12.0. The minimum atomic E-state index is -0.299. The summed E-state index contributed by atoms with van der Waals surface area (Å²) < 4.78 is 5.71. The van der Waals surface area contributed by atoms with Crippen LogP contribution in [-0.2, 0) is 9.53 Å². The van der Waals surface area contributed by atoms with Gasteiger partial charge >= 0.3 is 5.97 Å². The van der Waals surface area contributed by atoms with Gasteiger partial charge in [0.2, 0.25) is 0 Å². The third-order valence-corrected chi connectivity index (χ3v) is 6.41. The van der Waals surface area contributed by atoms with Crippen LogP contribution in [0.25, 0.3) is 0 Å². The van der Waals surface area contributed by atoms with Crippen molar-refractivity contribution in [2.75, 3.05) is 0 Å². The predicted molar refractivity (Wildman–Crippen MR) is 75.6 cm³/mol. The van der Waals surface area contributed by atoms with Crippen LogP contribution in [0.3, 0.4) is 0 Å². The van der Waals surface area contributed by atoms with E-state index in [0.29, 0.717) is 11.3 Å². The fraction of sp³-hybridized carbons (Fsp3) is 0.824. The van der Waals surface area contributed by atoms with E-state index in [4.69, 9.17) is 4.74 Å². The zero-order valence-corrected chi connectivity index (χ0v) is 12.7. The molecule has 3 aliphatic rings. The number of rotatable bonds is 0. The van der Waals surface area contributed by atoms with Gasteiger partial charge in [0.1, 0.15) is 5.60 Å². The average molecular weight is 262 g/mol. The van der Waals surface area contributed by atoms with Gasteiger partial charge < -0.3 is 4.74 Å². The van der Waals surface area contributed by atoms with Crippen LogP contribution in [0.2, 0.25) is 0 Å². The summed E-state index contributed by atoms with van der Waals surface area (Å²) in [6, 6.07) is 0. The quantitative estimate of drug-likeness (QED) is 0.485. The van der Waals surface area contributed by atoms with Gasteiger partial charge in [-0.3, -0.25) is 0 Å². The second-order valence-corrected chi connectivity index (χ2v) is 8.10. The van der Waals surface area contributed by atoms with Crippen molar-refractivity contribution in [2.45, 2.75) is 65.4 Å². The number of hydrogen-bond acceptors (Lipinski definition) is 2. The Kier molecular flexibility index (Phi) is 2.54. The van der Waals surface area contributed by atoms with Crippen molar-refractivity contribution in [3.05, 3.63) is 12.2 Å². The van der Waals surface area contributed by atoms with Gasteiger partial charge in [-0.2, -0.15) is 0 Å². The zero-order valence-electron chi connectivity index (χ0n) is 12.7. The molecule has 4 atom stereocenters. The minimum Gasteiger partial charge on any atom is -0.455 e. The smallest absolute Gasteiger partial charge is 0.334 e. The van der Waals surface area contributed by atoms with Crippen LogP contribution in [0.5, 0.6) is 0 Å². The number of esters is 1. The molecule has 1 aliphatic heterocycles. The molecule has 1 heterocycles. The monoisotopic (exact) mass is 262 g/mol. The topological polar surface area (TPSA) is 26.3 Å². The number of ether oxygens (including phenoxy) is 1. The van der Waals surface area contributed by atoms with E-state index in [1.807, 2.05) is 0 Å². The summed E-state index contributed by atoms with van der Waals surface area (Å²) in [5.74, 6) is 0.738. The molecule has 3 fully saturated rings. The van der Waals surface area contributed by atoms with Crippen LogP contribution in [-0.4, -0.2) is 11.6 Å². The third kappa shape index (κ3) is 1.58. The van der Waals surface area contributed by atoms with Gasteiger partial charge in [-0.05, 0) is 49.4 Å². The minimum absolute atomic E-state index is 0.155. The molecule has 19 heavy (non-hydrogen) atoms. The van der Waals surface area contributed by atoms with Gasteiger partial charge in [-0.15, -0.1) is 0 Å². The van der Waals surface area contributed by atoms with E-state index in [9.17, 15) is 4.79 Å². The normalized spacial score (nSPS) is 48.4. The molecular formula is C17H26O2. The van der Waals surface area contributed by atoms with E-state index in [0.717, 1.165) is 12.0 Å². The Morgan fingerprint density at radius 3 is 2.53 bits per heavy atom. The molecule has 2 nitrogen and oxygen atoms in total. The predicted octanol–water partition coefficient (Wildman–Crippen LogP) is 4.10. The molecule has 0 radical (unpaired) electrons. The zero-order chi connectivity index (χ0) is 14.1. The van der Waals surface area contributed by atoms with E-state index in [1.54, 1.807) is 0 Å². The van der Waals surface area contributed by atoms with Crippen molar-refractivity contribution in [1.82, 2.24) is 0 Å². The van der Waals surface area contributed by atoms with E-state index in [1.165, 1.54) is 25.7 Å². The molecule has 0 N–H and O–H groups in total. The molecule has 0 spiro atoms. The summed E-state index contributed by atoms with van der Waals surface area (Å²) in [7, 11) is 0. The van der Waals surface area contributed by atoms with Crippen molar-refractivity contribution in [3.63, 3.8) is 0 Å². The van der Waals surface area contributed by atoms with Crippen LogP contribution in [0, 0.1) is 22.7 Å². The molecule has 0 unspecified atom stereocenters. The first-order valence-corrected chi connectivity index (χ1v) is 7.63. The van der Waals surface area contributed by atoms with Gasteiger partial charge in [0.25, 0.3) is 0 Å². The molecule has 3 rings (SSSR count). The Balaban J connectivity index is 2.07. The van der Waals surface area contributed by atoms with Gasteiger partial charge in [0.05, 0.1) is 0 Å². The summed E-state index contributed by atoms with van der Waals surface area (Å²) in [5, 5.41) is 0. The standard InChI is InChI=1S/C17H26O2/c1-11-13-16(4)9-6-8-15(2,3)12(16)7-10-17(13,5)19-14(11)18/h12-13H,1,6-10H2,2-5H3/t12-,13+,16-,17+/m0/s1. The number of fused-ring (bicyclic) bond motifs is 3. The van der Waals surface area contributed by atoms with Gasteiger partial charge in [-0.25, -0.2) is 4.79 Å². The number of carbonyl (C=O) groups is 1. The Morgan fingerprint density at radius 1 is 1.16 bits per heavy atom. The number of carbonyl (C=O) groups excluding carboxylic acids is 1. The van der Waals surface area contributed by atoms with Crippen molar-refractivity contribution in [3.8, 4) is 0 Å². The summed E-state index contributed by atoms with van der Waals surface area (Å²) >= 11 is 0. The van der Waals surface area contributed by atoms with Gasteiger partial charge in [-0.1, -0.05) is 33.8 Å². The fourth-order valence-electron chi connectivity index (χ4n) is 5.78. The second kappa shape index (κ2) is 3.65. The van der Waals surface area contributed by atoms with E-state index in [-0.39, 0.29) is 22.9 Å². The van der Waals surface area contributed by atoms with Crippen molar-refractivity contribution in [2.24, 2.45) is 22.7 Å². The molecule has 0 aromatic heterocycles. The molecular weight excluding hydrogens is 236 g/mol. The van der Waals surface area contributed by atoms with Crippen LogP contribution in [0.15, 0.2) is 12.2 Å². The highest BCUT2D eigenvalue weighted by Gasteiger charge is 2.64. The summed E-state index contributed by atoms with van der Waals surface area (Å²) in [5.41, 5.74) is 0.984. The van der Waals surface area contributed by atoms with Crippen LogP contribution in [0.1, 0.15) is 59.8 Å². The summed E-state index contributed by atoms with van der Waals surface area (Å²) in [6.07, 6.45) is 5.94. The molecule has 0 aromatic carbocycles. The second-order valence-electron chi connectivity index (χ2n) is 8.10. The Labute approximate surface area is 116 Å². The first-order valence-electron chi connectivity index (χ1n) is 7.63. The van der Waals surface area contributed by atoms with Gasteiger partial charge in [0, 0.05) is 11.5 Å². The lowest BCUT2D eigenvalue weighted by Gasteiger charge is -2.59. The molecule has 0 aromatic rings. The summed E-state index contributed by atoms with van der Waals surface area (Å²) in [4.78, 5) is 12.0. The Morgan fingerprint density at radius 2 is 1.84 bits per heavy atom. The van der Waals surface area contributed by atoms with Crippen molar-refractivity contribution < 1.29 is 9.53 Å². The molecule has 2 saturated carbocycles.